The summed E-state index contributed by atoms with van der Waals surface area (Å²) in [7, 11) is 0. The number of hydrogen-bond acceptors (Lipinski definition) is 6. The van der Waals surface area contributed by atoms with Gasteiger partial charge in [0.15, 0.2) is 5.54 Å². The maximum atomic E-state index is 6.07. The lowest BCUT2D eigenvalue weighted by Crippen LogP contribution is -2.31. The molecule has 25 heavy (non-hydrogen) atoms. The molecule has 0 bridgehead atoms. The third-order valence-corrected chi connectivity index (χ3v) is 4.60. The lowest BCUT2D eigenvalue weighted by molar-refractivity contribution is 0.264. The lowest BCUT2D eigenvalue weighted by Gasteiger charge is -2.33. The zero-order chi connectivity index (χ0) is 16.9. The summed E-state index contributed by atoms with van der Waals surface area (Å²) in [6.45, 7) is 0.324. The van der Waals surface area contributed by atoms with Gasteiger partial charge in [0.1, 0.15) is 18.1 Å². The van der Waals surface area contributed by atoms with Crippen molar-refractivity contribution in [1.29, 1.82) is 0 Å². The van der Waals surface area contributed by atoms with Gasteiger partial charge >= 0.3 is 0 Å². The SMILES string of the molecule is NC1=NC2(CO1)c1cnccc1Oc1ccc(-c3cccnc3)cc12. The number of amidine groups is 1. The Labute approximate surface area is 144 Å². The predicted octanol–water partition coefficient (Wildman–Crippen LogP) is 2.84. The van der Waals surface area contributed by atoms with Gasteiger partial charge in [0.25, 0.3) is 6.02 Å². The second-order valence-corrected chi connectivity index (χ2v) is 6.03. The molecular weight excluding hydrogens is 316 g/mol. The first kappa shape index (κ1) is 14.0. The van der Waals surface area contributed by atoms with Crippen molar-refractivity contribution in [2.75, 3.05) is 6.61 Å². The Hall–Kier alpha value is -3.41. The average molecular weight is 330 g/mol. The van der Waals surface area contributed by atoms with Gasteiger partial charge in [-0.1, -0.05) is 12.1 Å². The summed E-state index contributed by atoms with van der Waals surface area (Å²) in [4.78, 5) is 13.1. The van der Waals surface area contributed by atoms with Gasteiger partial charge in [-0.2, -0.15) is 0 Å². The molecule has 1 unspecified atom stereocenters. The number of rotatable bonds is 1. The summed E-state index contributed by atoms with van der Waals surface area (Å²) < 4.78 is 11.6. The minimum atomic E-state index is -0.737. The number of fused-ring (bicyclic) bond motifs is 4. The van der Waals surface area contributed by atoms with E-state index in [2.05, 4.69) is 21.0 Å². The standard InChI is InChI=1S/C19H14N4O2/c20-18-23-19(11-24-18)14-8-12(13-2-1-6-21-9-13)3-4-16(14)25-17-5-7-22-10-15(17)19/h1-10H,11H2,(H2,20,23). The molecule has 2 aliphatic heterocycles. The Balaban J connectivity index is 1.75. The Morgan fingerprint density at radius 1 is 0.920 bits per heavy atom. The molecule has 0 fully saturated rings. The van der Waals surface area contributed by atoms with Crippen molar-refractivity contribution in [2.45, 2.75) is 5.54 Å². The molecule has 2 N–H and O–H groups in total. The number of benzene rings is 1. The molecule has 0 radical (unpaired) electrons. The van der Waals surface area contributed by atoms with Gasteiger partial charge in [-0.05, 0) is 29.8 Å². The number of aromatic nitrogens is 2. The van der Waals surface area contributed by atoms with Crippen molar-refractivity contribution in [3.8, 4) is 22.6 Å². The molecule has 5 rings (SSSR count). The second kappa shape index (κ2) is 5.04. The van der Waals surface area contributed by atoms with E-state index >= 15 is 0 Å². The third kappa shape index (κ3) is 2.00. The van der Waals surface area contributed by atoms with Crippen LogP contribution in [0.5, 0.6) is 11.5 Å². The van der Waals surface area contributed by atoms with Gasteiger partial charge in [-0.3, -0.25) is 9.97 Å². The molecule has 1 atom stereocenters. The molecular formula is C19H14N4O2. The quantitative estimate of drug-likeness (QED) is 0.742. The normalized spacial score (nSPS) is 20.2. The van der Waals surface area contributed by atoms with Gasteiger partial charge in [-0.25, -0.2) is 4.99 Å². The van der Waals surface area contributed by atoms with Gasteiger partial charge in [-0.15, -0.1) is 0 Å². The number of nitrogens with zero attached hydrogens (tertiary/aromatic N) is 3. The van der Waals surface area contributed by atoms with E-state index in [-0.39, 0.29) is 6.02 Å². The first-order chi connectivity index (χ1) is 12.3. The van der Waals surface area contributed by atoms with Gasteiger partial charge in [0.05, 0.1) is 0 Å². The molecule has 122 valence electrons. The summed E-state index contributed by atoms with van der Waals surface area (Å²) in [5, 5.41) is 0. The molecule has 0 aliphatic carbocycles. The van der Waals surface area contributed by atoms with Crippen molar-refractivity contribution in [1.82, 2.24) is 9.97 Å². The van der Waals surface area contributed by atoms with E-state index in [0.717, 1.165) is 33.8 Å². The van der Waals surface area contributed by atoms with E-state index in [1.54, 1.807) is 18.6 Å². The van der Waals surface area contributed by atoms with E-state index in [0.29, 0.717) is 6.61 Å². The van der Waals surface area contributed by atoms with Crippen LogP contribution < -0.4 is 10.5 Å². The van der Waals surface area contributed by atoms with Crippen molar-refractivity contribution >= 4 is 6.02 Å². The fourth-order valence-electron chi connectivity index (χ4n) is 3.41. The van der Waals surface area contributed by atoms with Crippen LogP contribution in [0.15, 0.2) is 66.2 Å². The zero-order valence-electron chi connectivity index (χ0n) is 13.2. The maximum absolute atomic E-state index is 6.07. The highest BCUT2D eigenvalue weighted by molar-refractivity contribution is 5.77. The second-order valence-electron chi connectivity index (χ2n) is 6.03. The van der Waals surface area contributed by atoms with Crippen LogP contribution in [0.3, 0.4) is 0 Å². The minimum absolute atomic E-state index is 0.175. The van der Waals surface area contributed by atoms with Crippen molar-refractivity contribution in [2.24, 2.45) is 10.7 Å². The van der Waals surface area contributed by atoms with Gasteiger partial charge in [0.2, 0.25) is 0 Å². The molecule has 6 nitrogen and oxygen atoms in total. The van der Waals surface area contributed by atoms with Gasteiger partial charge < -0.3 is 15.2 Å². The zero-order valence-corrected chi connectivity index (χ0v) is 13.2. The summed E-state index contributed by atoms with van der Waals surface area (Å²) in [5.74, 6) is 1.46. The van der Waals surface area contributed by atoms with Crippen LogP contribution in [0.25, 0.3) is 11.1 Å². The largest absolute Gasteiger partial charge is 0.462 e. The monoisotopic (exact) mass is 330 g/mol. The van der Waals surface area contributed by atoms with E-state index in [9.17, 15) is 0 Å². The molecule has 0 saturated heterocycles. The number of hydrogen-bond donors (Lipinski definition) is 1. The van der Waals surface area contributed by atoms with E-state index in [1.807, 2.05) is 36.5 Å². The highest BCUT2D eigenvalue weighted by atomic mass is 16.5. The Bertz CT molecular complexity index is 1000. The average Bonchev–Trinajstić information content (AvgIpc) is 3.05. The van der Waals surface area contributed by atoms with Crippen LogP contribution in [0, 0.1) is 0 Å². The molecule has 0 saturated carbocycles. The smallest absolute Gasteiger partial charge is 0.283 e. The molecule has 0 amide bonds. The van der Waals surface area contributed by atoms with Crippen LogP contribution in [0.1, 0.15) is 11.1 Å². The fourth-order valence-corrected chi connectivity index (χ4v) is 3.41. The molecule has 6 heteroatoms. The van der Waals surface area contributed by atoms with Crippen molar-refractivity contribution < 1.29 is 9.47 Å². The Morgan fingerprint density at radius 2 is 1.80 bits per heavy atom. The predicted molar refractivity (Wildman–Crippen MR) is 92.3 cm³/mol. The van der Waals surface area contributed by atoms with Crippen LogP contribution in [0.4, 0.5) is 0 Å². The van der Waals surface area contributed by atoms with E-state index in [1.165, 1.54) is 0 Å². The Kier molecular flexibility index (Phi) is 2.82. The molecule has 1 spiro atoms. The number of ether oxygens (including phenoxy) is 2. The number of aliphatic imine (C=N–C) groups is 1. The molecule has 4 heterocycles. The van der Waals surface area contributed by atoms with Crippen LogP contribution in [0.2, 0.25) is 0 Å². The first-order valence-corrected chi connectivity index (χ1v) is 7.92. The maximum Gasteiger partial charge on any atom is 0.283 e. The summed E-state index contributed by atoms with van der Waals surface area (Å²) in [5.41, 5.74) is 8.94. The summed E-state index contributed by atoms with van der Waals surface area (Å²) in [6.07, 6.45) is 7.05. The van der Waals surface area contributed by atoms with E-state index in [4.69, 9.17) is 15.2 Å². The van der Waals surface area contributed by atoms with Crippen molar-refractivity contribution in [3.63, 3.8) is 0 Å². The summed E-state index contributed by atoms with van der Waals surface area (Å²) in [6, 6.07) is 12.0. The lowest BCUT2D eigenvalue weighted by atomic mass is 9.81. The van der Waals surface area contributed by atoms with Gasteiger partial charge in [0, 0.05) is 41.5 Å². The highest BCUT2D eigenvalue weighted by Crippen LogP contribution is 2.51. The minimum Gasteiger partial charge on any atom is -0.462 e. The van der Waals surface area contributed by atoms with Crippen LogP contribution in [-0.4, -0.2) is 22.6 Å². The molecule has 2 aromatic heterocycles. The number of pyridine rings is 2. The Morgan fingerprint density at radius 3 is 2.60 bits per heavy atom. The fraction of sp³-hybridized carbons (Fsp3) is 0.105. The number of nitrogens with two attached hydrogens (primary N) is 1. The highest BCUT2D eigenvalue weighted by Gasteiger charge is 2.47. The van der Waals surface area contributed by atoms with Crippen LogP contribution in [-0.2, 0) is 10.3 Å². The summed E-state index contributed by atoms with van der Waals surface area (Å²) >= 11 is 0. The molecule has 3 aromatic rings. The first-order valence-electron chi connectivity index (χ1n) is 7.92. The molecule has 1 aromatic carbocycles. The van der Waals surface area contributed by atoms with Crippen LogP contribution >= 0.6 is 0 Å². The third-order valence-electron chi connectivity index (χ3n) is 4.60. The van der Waals surface area contributed by atoms with Crippen molar-refractivity contribution in [3.05, 3.63) is 72.3 Å². The molecule has 2 aliphatic rings. The van der Waals surface area contributed by atoms with E-state index < -0.39 is 5.54 Å². The topological polar surface area (TPSA) is 82.6 Å².